The van der Waals surface area contributed by atoms with Gasteiger partial charge >= 0.3 is 0 Å². The van der Waals surface area contributed by atoms with Gasteiger partial charge in [0.25, 0.3) is 0 Å². The summed E-state index contributed by atoms with van der Waals surface area (Å²) in [5.41, 5.74) is 6.31. The van der Waals surface area contributed by atoms with Crippen molar-refractivity contribution in [1.82, 2.24) is 4.90 Å². The molecule has 3 nitrogen and oxygen atoms in total. The Bertz CT molecular complexity index is 513. The average molecular weight is 300 g/mol. The normalized spacial score (nSPS) is 23.3. The number of halogens is 3. The molecule has 2 N–H and O–H groups in total. The third kappa shape index (κ3) is 3.20. The van der Waals surface area contributed by atoms with E-state index in [1.54, 1.807) is 4.90 Å². The molecule has 1 saturated heterocycles. The van der Waals surface area contributed by atoms with Crippen LogP contribution in [0, 0.1) is 17.5 Å². The maximum absolute atomic E-state index is 13.5. The predicted molar refractivity (Wildman–Crippen MR) is 72.9 cm³/mol. The van der Waals surface area contributed by atoms with Gasteiger partial charge in [0.1, 0.15) is 0 Å². The fourth-order valence-corrected chi connectivity index (χ4v) is 2.85. The number of nitrogens with zero attached hydrogens (tertiary/aromatic N) is 1. The third-order valence-corrected chi connectivity index (χ3v) is 3.80. The second-order valence-electron chi connectivity index (χ2n) is 5.39. The number of rotatable bonds is 3. The molecule has 1 aromatic rings. The van der Waals surface area contributed by atoms with E-state index in [0.29, 0.717) is 32.2 Å². The largest absolute Gasteiger partial charge is 0.334 e. The van der Waals surface area contributed by atoms with Crippen molar-refractivity contribution in [3.05, 3.63) is 35.1 Å². The highest BCUT2D eigenvalue weighted by Crippen LogP contribution is 2.31. The van der Waals surface area contributed by atoms with Gasteiger partial charge in [-0.3, -0.25) is 4.79 Å². The molecule has 0 aliphatic carbocycles. The molecule has 2 rings (SSSR count). The maximum atomic E-state index is 13.5. The lowest BCUT2D eigenvalue weighted by Crippen LogP contribution is -2.42. The molecule has 1 aliphatic heterocycles. The summed E-state index contributed by atoms with van der Waals surface area (Å²) in [6.07, 6.45) is 2.30. The average Bonchev–Trinajstić information content (AvgIpc) is 2.56. The van der Waals surface area contributed by atoms with Crippen LogP contribution in [0.4, 0.5) is 13.2 Å². The predicted octanol–water partition coefficient (Wildman–Crippen LogP) is 2.89. The van der Waals surface area contributed by atoms with Crippen molar-refractivity contribution in [2.24, 2.45) is 5.73 Å². The first-order valence-electron chi connectivity index (χ1n) is 7.15. The van der Waals surface area contributed by atoms with Crippen LogP contribution in [0.15, 0.2) is 12.1 Å². The Hall–Kier alpha value is -1.56. The quantitative estimate of drug-likeness (QED) is 0.873. The molecule has 1 aliphatic rings. The molecule has 1 heterocycles. The topological polar surface area (TPSA) is 46.3 Å². The minimum Gasteiger partial charge on any atom is -0.334 e. The molecular formula is C15H19F3N2O. The molecule has 1 aromatic carbocycles. The summed E-state index contributed by atoms with van der Waals surface area (Å²) in [6.45, 7) is 2.37. The highest BCUT2D eigenvalue weighted by atomic mass is 19.2. The van der Waals surface area contributed by atoms with Crippen molar-refractivity contribution in [2.45, 2.75) is 44.7 Å². The molecule has 2 unspecified atom stereocenters. The zero-order chi connectivity index (χ0) is 15.6. The van der Waals surface area contributed by atoms with E-state index in [4.69, 9.17) is 5.73 Å². The Labute approximate surface area is 121 Å². The molecule has 0 bridgehead atoms. The third-order valence-electron chi connectivity index (χ3n) is 3.80. The molecule has 0 spiro atoms. The molecule has 6 heteroatoms. The summed E-state index contributed by atoms with van der Waals surface area (Å²) in [6, 6.07) is 0.825. The lowest BCUT2D eigenvalue weighted by atomic mass is 9.96. The van der Waals surface area contributed by atoms with Crippen LogP contribution in [-0.4, -0.2) is 23.4 Å². The SMILES string of the molecule is CCCN1C(=O)CCCC(N)C1c1cc(F)c(F)c(F)c1. The number of likely N-dealkylation sites (tertiary alicyclic amines) is 1. The van der Waals surface area contributed by atoms with Crippen LogP contribution in [0.25, 0.3) is 0 Å². The second kappa shape index (κ2) is 6.47. The van der Waals surface area contributed by atoms with E-state index in [0.717, 1.165) is 12.1 Å². The van der Waals surface area contributed by atoms with E-state index in [-0.39, 0.29) is 11.5 Å². The van der Waals surface area contributed by atoms with Crippen molar-refractivity contribution in [2.75, 3.05) is 6.54 Å². The van der Waals surface area contributed by atoms with Crippen molar-refractivity contribution < 1.29 is 18.0 Å². The van der Waals surface area contributed by atoms with Crippen LogP contribution in [-0.2, 0) is 4.79 Å². The Morgan fingerprint density at radius 3 is 2.48 bits per heavy atom. The molecular weight excluding hydrogens is 281 g/mol. The molecule has 0 radical (unpaired) electrons. The summed E-state index contributed by atoms with van der Waals surface area (Å²) in [5.74, 6) is -4.11. The van der Waals surface area contributed by atoms with Crippen molar-refractivity contribution in [3.63, 3.8) is 0 Å². The first-order valence-corrected chi connectivity index (χ1v) is 7.15. The summed E-state index contributed by atoms with van der Waals surface area (Å²) in [4.78, 5) is 13.7. The van der Waals surface area contributed by atoms with Crippen molar-refractivity contribution in [3.8, 4) is 0 Å². The number of benzene rings is 1. The smallest absolute Gasteiger partial charge is 0.223 e. The van der Waals surface area contributed by atoms with Gasteiger partial charge in [-0.05, 0) is 37.0 Å². The Morgan fingerprint density at radius 2 is 1.90 bits per heavy atom. The Kier molecular flexibility index (Phi) is 4.88. The van der Waals surface area contributed by atoms with Crippen LogP contribution in [0.5, 0.6) is 0 Å². The van der Waals surface area contributed by atoms with Gasteiger partial charge in [0.05, 0.1) is 6.04 Å². The fraction of sp³-hybridized carbons (Fsp3) is 0.533. The van der Waals surface area contributed by atoms with Gasteiger partial charge in [0, 0.05) is 19.0 Å². The van der Waals surface area contributed by atoms with Gasteiger partial charge in [-0.15, -0.1) is 0 Å². The van der Waals surface area contributed by atoms with E-state index >= 15 is 0 Å². The van der Waals surface area contributed by atoms with E-state index < -0.39 is 29.5 Å². The summed E-state index contributed by atoms with van der Waals surface area (Å²) in [7, 11) is 0. The number of carbonyl (C=O) groups excluding carboxylic acids is 1. The molecule has 0 saturated carbocycles. The second-order valence-corrected chi connectivity index (χ2v) is 5.39. The number of hydrogen-bond acceptors (Lipinski definition) is 2. The van der Waals surface area contributed by atoms with E-state index in [1.165, 1.54) is 0 Å². The molecule has 116 valence electrons. The Morgan fingerprint density at radius 1 is 1.29 bits per heavy atom. The van der Waals surface area contributed by atoms with Gasteiger partial charge in [0.2, 0.25) is 5.91 Å². The molecule has 1 amide bonds. The number of carbonyl (C=O) groups is 1. The highest BCUT2D eigenvalue weighted by Gasteiger charge is 2.33. The highest BCUT2D eigenvalue weighted by molar-refractivity contribution is 5.77. The van der Waals surface area contributed by atoms with Gasteiger partial charge in [-0.1, -0.05) is 6.92 Å². The first kappa shape index (κ1) is 15.8. The Balaban J connectivity index is 2.46. The summed E-state index contributed by atoms with van der Waals surface area (Å²) >= 11 is 0. The number of amides is 1. The molecule has 0 aromatic heterocycles. The monoisotopic (exact) mass is 300 g/mol. The molecule has 21 heavy (non-hydrogen) atoms. The first-order chi connectivity index (χ1) is 9.95. The minimum absolute atomic E-state index is 0.0834. The summed E-state index contributed by atoms with van der Waals surface area (Å²) < 4.78 is 40.1. The minimum atomic E-state index is -1.51. The lowest BCUT2D eigenvalue weighted by molar-refractivity contribution is -0.133. The number of hydrogen-bond donors (Lipinski definition) is 1. The van der Waals surface area contributed by atoms with Crippen LogP contribution < -0.4 is 5.73 Å². The van der Waals surface area contributed by atoms with E-state index in [1.807, 2.05) is 6.92 Å². The maximum Gasteiger partial charge on any atom is 0.223 e. The zero-order valence-corrected chi connectivity index (χ0v) is 11.9. The standard InChI is InChI=1S/C15H19F3N2O/c1-2-6-20-13(21)5-3-4-12(19)15(20)9-7-10(16)14(18)11(17)8-9/h7-8,12,15H,2-6,19H2,1H3. The fourth-order valence-electron chi connectivity index (χ4n) is 2.85. The van der Waals surface area contributed by atoms with Gasteiger partial charge in [-0.2, -0.15) is 0 Å². The van der Waals surface area contributed by atoms with Gasteiger partial charge in [0.15, 0.2) is 17.5 Å². The van der Waals surface area contributed by atoms with Crippen LogP contribution in [0.1, 0.15) is 44.2 Å². The van der Waals surface area contributed by atoms with E-state index in [9.17, 15) is 18.0 Å². The van der Waals surface area contributed by atoms with Crippen molar-refractivity contribution in [1.29, 1.82) is 0 Å². The zero-order valence-electron chi connectivity index (χ0n) is 11.9. The van der Waals surface area contributed by atoms with Crippen molar-refractivity contribution >= 4 is 5.91 Å². The molecule has 1 fully saturated rings. The van der Waals surface area contributed by atoms with E-state index in [2.05, 4.69) is 0 Å². The van der Waals surface area contributed by atoms with Crippen LogP contribution >= 0.6 is 0 Å². The van der Waals surface area contributed by atoms with Crippen LogP contribution in [0.3, 0.4) is 0 Å². The summed E-state index contributed by atoms with van der Waals surface area (Å²) in [5, 5.41) is 0. The number of nitrogens with two attached hydrogens (primary N) is 1. The molecule has 2 atom stereocenters. The van der Waals surface area contributed by atoms with Gasteiger partial charge < -0.3 is 10.6 Å². The lowest BCUT2D eigenvalue weighted by Gasteiger charge is -2.34. The van der Waals surface area contributed by atoms with Gasteiger partial charge in [-0.25, -0.2) is 13.2 Å². The van der Waals surface area contributed by atoms with Crippen LogP contribution in [0.2, 0.25) is 0 Å².